The van der Waals surface area contributed by atoms with Crippen LogP contribution >= 0.6 is 0 Å². The highest BCUT2D eigenvalue weighted by Gasteiger charge is 2.41. The number of methoxy groups -OCH3 is 1. The van der Waals surface area contributed by atoms with Gasteiger partial charge in [0.25, 0.3) is 8.32 Å². The zero-order valence-corrected chi connectivity index (χ0v) is 17.4. The van der Waals surface area contributed by atoms with Gasteiger partial charge < -0.3 is 9.16 Å². The van der Waals surface area contributed by atoms with Crippen LogP contribution in [-0.4, -0.2) is 27.6 Å². The molecule has 26 heavy (non-hydrogen) atoms. The first-order valence-corrected chi connectivity index (χ1v) is 11.0. The molecule has 3 heteroatoms. The summed E-state index contributed by atoms with van der Waals surface area (Å²) in [5.41, 5.74) is 3.26. The molecule has 0 atom stereocenters. The minimum atomic E-state index is -2.61. The lowest BCUT2D eigenvalue weighted by atomic mass is 10.2. The summed E-state index contributed by atoms with van der Waals surface area (Å²) < 4.78 is 12.3. The monoisotopic (exact) mass is 366 g/mol. The minimum Gasteiger partial charge on any atom is -0.400 e. The average molecular weight is 367 g/mol. The molecule has 0 radical (unpaired) electrons. The average Bonchev–Trinajstić information content (AvgIpc) is 2.62. The fourth-order valence-corrected chi connectivity index (χ4v) is 7.23. The normalized spacial score (nSPS) is 12.8. The van der Waals surface area contributed by atoms with E-state index in [1.54, 1.807) is 7.11 Å². The van der Waals surface area contributed by atoms with Crippen LogP contribution in [0, 0.1) is 0 Å². The predicted octanol–water partition coefficient (Wildman–Crippen LogP) is 4.25. The van der Waals surface area contributed by atoms with Gasteiger partial charge in [-0.1, -0.05) is 72.4 Å². The van der Waals surface area contributed by atoms with Crippen LogP contribution in [0.5, 0.6) is 0 Å². The van der Waals surface area contributed by atoms with E-state index in [0.29, 0.717) is 6.61 Å². The Hall–Kier alpha value is -1.94. The van der Waals surface area contributed by atoms with Crippen molar-refractivity contribution < 1.29 is 9.16 Å². The highest BCUT2D eigenvalue weighted by atomic mass is 28.4. The topological polar surface area (TPSA) is 18.5 Å². The molecule has 0 saturated heterocycles. The maximum atomic E-state index is 6.89. The third-order valence-corrected chi connectivity index (χ3v) is 8.15. The van der Waals surface area contributed by atoms with Gasteiger partial charge in [0, 0.05) is 12.7 Å². The van der Waals surface area contributed by atoms with E-state index >= 15 is 0 Å². The molecule has 2 aromatic carbocycles. The molecule has 138 valence electrons. The molecule has 0 aromatic heterocycles. The van der Waals surface area contributed by atoms with Crippen LogP contribution < -0.4 is 10.4 Å². The maximum absolute atomic E-state index is 6.89. The van der Waals surface area contributed by atoms with Crippen molar-refractivity contribution in [3.8, 4) is 0 Å². The van der Waals surface area contributed by atoms with E-state index in [-0.39, 0.29) is 5.60 Å². The Morgan fingerprint density at radius 3 is 1.85 bits per heavy atom. The van der Waals surface area contributed by atoms with Crippen molar-refractivity contribution in [1.29, 1.82) is 0 Å². The van der Waals surface area contributed by atoms with E-state index in [0.717, 1.165) is 6.42 Å². The van der Waals surface area contributed by atoms with Crippen molar-refractivity contribution in [3.05, 3.63) is 84.6 Å². The Labute approximate surface area is 159 Å². The maximum Gasteiger partial charge on any atom is 0.281 e. The highest BCUT2D eigenvalue weighted by molar-refractivity contribution is 7.01. The van der Waals surface area contributed by atoms with Gasteiger partial charge in [0.1, 0.15) is 0 Å². The first kappa shape index (κ1) is 20.4. The van der Waals surface area contributed by atoms with Gasteiger partial charge in [-0.2, -0.15) is 0 Å². The Kier molecular flexibility index (Phi) is 7.15. The lowest BCUT2D eigenvalue weighted by Gasteiger charge is -2.37. The summed E-state index contributed by atoms with van der Waals surface area (Å²) in [5, 5.41) is 2.47. The van der Waals surface area contributed by atoms with Gasteiger partial charge in [-0.3, -0.25) is 0 Å². The lowest BCUT2D eigenvalue weighted by molar-refractivity contribution is 0.129. The van der Waals surface area contributed by atoms with Crippen molar-refractivity contribution in [1.82, 2.24) is 0 Å². The number of ether oxygens (including phenoxy) is 1. The van der Waals surface area contributed by atoms with Crippen LogP contribution in [0.15, 0.2) is 84.6 Å². The number of allylic oxidation sites excluding steroid dienone is 1. The quantitative estimate of drug-likeness (QED) is 0.514. The zero-order valence-electron chi connectivity index (χ0n) is 16.4. The van der Waals surface area contributed by atoms with Gasteiger partial charge in [0.15, 0.2) is 0 Å². The molecule has 0 fully saturated rings. The van der Waals surface area contributed by atoms with Crippen LogP contribution in [0.2, 0.25) is 0 Å². The molecule has 0 N–H and O–H groups in total. The second-order valence-corrected chi connectivity index (χ2v) is 10.5. The molecule has 0 amide bonds. The predicted molar refractivity (Wildman–Crippen MR) is 114 cm³/mol. The summed E-state index contributed by atoms with van der Waals surface area (Å²) in [7, 11) is -0.879. The van der Waals surface area contributed by atoms with Gasteiger partial charge in [-0.05, 0) is 43.1 Å². The van der Waals surface area contributed by atoms with Gasteiger partial charge in [0.2, 0.25) is 0 Å². The molecule has 0 spiro atoms. The SMILES string of the molecule is C=CC/C(=C/[Si](OC(C)(C)C)(c1ccccc1)c1ccccc1)COC. The smallest absolute Gasteiger partial charge is 0.281 e. The molecule has 0 aliphatic heterocycles. The van der Waals surface area contributed by atoms with E-state index in [4.69, 9.17) is 9.16 Å². The summed E-state index contributed by atoms with van der Waals surface area (Å²) in [6, 6.07) is 21.2. The fraction of sp³-hybridized carbons (Fsp3) is 0.304. The summed E-state index contributed by atoms with van der Waals surface area (Å²) >= 11 is 0. The van der Waals surface area contributed by atoms with Gasteiger partial charge in [0.05, 0.1) is 6.61 Å². The number of hydrogen-bond donors (Lipinski definition) is 0. The Morgan fingerprint density at radius 1 is 0.962 bits per heavy atom. The van der Waals surface area contributed by atoms with Gasteiger partial charge in [-0.15, -0.1) is 6.58 Å². The Balaban J connectivity index is 2.75. The van der Waals surface area contributed by atoms with Crippen molar-refractivity contribution in [2.45, 2.75) is 32.8 Å². The van der Waals surface area contributed by atoms with Crippen LogP contribution in [0.25, 0.3) is 0 Å². The second-order valence-electron chi connectivity index (χ2n) is 7.41. The molecular formula is C23H30O2Si. The summed E-state index contributed by atoms with van der Waals surface area (Å²) in [5.74, 6) is 0. The minimum absolute atomic E-state index is 0.277. The van der Waals surface area contributed by atoms with Gasteiger partial charge >= 0.3 is 0 Å². The third kappa shape index (κ3) is 5.28. The van der Waals surface area contributed by atoms with Crippen LogP contribution in [0.3, 0.4) is 0 Å². The Bertz CT molecular complexity index is 675. The summed E-state index contributed by atoms with van der Waals surface area (Å²) in [6.45, 7) is 10.9. The highest BCUT2D eigenvalue weighted by Crippen LogP contribution is 2.21. The van der Waals surface area contributed by atoms with Crippen molar-refractivity contribution in [2.75, 3.05) is 13.7 Å². The molecular weight excluding hydrogens is 336 g/mol. The number of hydrogen-bond acceptors (Lipinski definition) is 2. The summed E-state index contributed by atoms with van der Waals surface area (Å²) in [4.78, 5) is 0. The first-order chi connectivity index (χ1) is 12.4. The standard InChI is InChI=1S/C23H30O2Si/c1-6-13-20(18-24-5)19-26(25-23(2,3)4,21-14-9-7-10-15-21)22-16-11-8-12-17-22/h6-12,14-17,19H,1,13,18H2,2-5H3/b20-19-. The lowest BCUT2D eigenvalue weighted by Crippen LogP contribution is -2.62. The van der Waals surface area contributed by atoms with Crippen molar-refractivity contribution in [3.63, 3.8) is 0 Å². The third-order valence-electron chi connectivity index (χ3n) is 4.02. The van der Waals surface area contributed by atoms with E-state index in [1.807, 2.05) is 18.2 Å². The number of rotatable bonds is 8. The molecule has 0 aliphatic rings. The molecule has 2 aromatic rings. The fourth-order valence-electron chi connectivity index (χ4n) is 3.15. The Morgan fingerprint density at radius 2 is 1.46 bits per heavy atom. The van der Waals surface area contributed by atoms with E-state index in [9.17, 15) is 0 Å². The number of benzene rings is 2. The second kappa shape index (κ2) is 9.13. The summed E-state index contributed by atoms with van der Waals surface area (Å²) in [6.07, 6.45) is 2.72. The molecule has 0 heterocycles. The molecule has 0 unspecified atom stereocenters. The van der Waals surface area contributed by atoms with Crippen LogP contribution in [-0.2, 0) is 9.16 Å². The molecule has 2 rings (SSSR count). The zero-order chi connectivity index (χ0) is 19.0. The van der Waals surface area contributed by atoms with Crippen molar-refractivity contribution in [2.24, 2.45) is 0 Å². The van der Waals surface area contributed by atoms with Crippen LogP contribution in [0.1, 0.15) is 27.2 Å². The van der Waals surface area contributed by atoms with Crippen LogP contribution in [0.4, 0.5) is 0 Å². The van der Waals surface area contributed by atoms with E-state index in [2.05, 4.69) is 81.6 Å². The molecule has 2 nitrogen and oxygen atoms in total. The molecule has 0 aliphatic carbocycles. The molecule has 0 bridgehead atoms. The first-order valence-electron chi connectivity index (χ1n) is 9.03. The van der Waals surface area contributed by atoms with Gasteiger partial charge in [-0.25, -0.2) is 0 Å². The van der Waals surface area contributed by atoms with E-state index in [1.165, 1.54) is 15.9 Å². The van der Waals surface area contributed by atoms with Crippen molar-refractivity contribution >= 4 is 18.7 Å². The molecule has 0 saturated carbocycles. The largest absolute Gasteiger partial charge is 0.400 e. The van der Waals surface area contributed by atoms with E-state index < -0.39 is 8.32 Å².